The summed E-state index contributed by atoms with van der Waals surface area (Å²) < 4.78 is 7.88. The summed E-state index contributed by atoms with van der Waals surface area (Å²) in [5.41, 5.74) is 1.11. The molecule has 1 unspecified atom stereocenters. The summed E-state index contributed by atoms with van der Waals surface area (Å²) >= 11 is 0. The zero-order valence-electron chi connectivity index (χ0n) is 17.8. The van der Waals surface area contributed by atoms with Crippen LogP contribution in [0.5, 0.6) is 0 Å². The predicted molar refractivity (Wildman–Crippen MR) is 120 cm³/mol. The van der Waals surface area contributed by atoms with Gasteiger partial charge in [0.1, 0.15) is 23.4 Å². The molecule has 2 saturated heterocycles. The average Bonchev–Trinajstić information content (AvgIpc) is 3.47. The molecule has 0 aromatic carbocycles. The molecular weight excluding hydrogens is 376 g/mol. The van der Waals surface area contributed by atoms with Crippen LogP contribution in [0.2, 0.25) is 0 Å². The SMILES string of the molecule is COC1=CC=CNC1N1CCN(c2ccc3ccn(CCN4CCCC4)c3n2)CC1. The van der Waals surface area contributed by atoms with E-state index >= 15 is 0 Å². The number of methoxy groups -OCH3 is 1. The molecule has 0 saturated carbocycles. The van der Waals surface area contributed by atoms with Gasteiger partial charge in [0.05, 0.1) is 7.11 Å². The van der Waals surface area contributed by atoms with Gasteiger partial charge in [0.25, 0.3) is 0 Å². The fourth-order valence-corrected chi connectivity index (χ4v) is 4.80. The monoisotopic (exact) mass is 408 g/mol. The van der Waals surface area contributed by atoms with Crippen molar-refractivity contribution in [1.82, 2.24) is 24.7 Å². The van der Waals surface area contributed by atoms with E-state index in [9.17, 15) is 0 Å². The van der Waals surface area contributed by atoms with Crippen LogP contribution in [0.4, 0.5) is 5.82 Å². The molecule has 0 radical (unpaired) electrons. The molecule has 7 nitrogen and oxygen atoms in total. The molecular formula is C23H32N6O. The number of ether oxygens (including phenoxy) is 1. The van der Waals surface area contributed by atoms with Gasteiger partial charge in [-0.05, 0) is 62.5 Å². The summed E-state index contributed by atoms with van der Waals surface area (Å²) in [6.07, 6.45) is 11.0. The van der Waals surface area contributed by atoms with Crippen molar-refractivity contribution in [1.29, 1.82) is 0 Å². The van der Waals surface area contributed by atoms with Crippen molar-refractivity contribution < 1.29 is 4.74 Å². The lowest BCUT2D eigenvalue weighted by Crippen LogP contribution is -2.55. The Morgan fingerprint density at radius 2 is 1.87 bits per heavy atom. The van der Waals surface area contributed by atoms with Gasteiger partial charge in [0.15, 0.2) is 0 Å². The Morgan fingerprint density at radius 3 is 2.67 bits per heavy atom. The summed E-state index contributed by atoms with van der Waals surface area (Å²) in [5, 5.41) is 4.65. The minimum atomic E-state index is 0.125. The van der Waals surface area contributed by atoms with Crippen molar-refractivity contribution >= 4 is 16.9 Å². The number of piperazine rings is 1. The molecule has 3 aliphatic heterocycles. The first-order chi connectivity index (χ1) is 14.8. The maximum atomic E-state index is 5.55. The molecule has 0 bridgehead atoms. The zero-order chi connectivity index (χ0) is 20.3. The third-order valence-electron chi connectivity index (χ3n) is 6.57. The molecule has 2 fully saturated rings. The highest BCUT2D eigenvalue weighted by molar-refractivity contribution is 5.78. The Bertz CT molecular complexity index is 921. The van der Waals surface area contributed by atoms with Crippen LogP contribution in [-0.2, 0) is 11.3 Å². The largest absolute Gasteiger partial charge is 0.497 e. The van der Waals surface area contributed by atoms with Gasteiger partial charge >= 0.3 is 0 Å². The van der Waals surface area contributed by atoms with Crippen molar-refractivity contribution in [2.24, 2.45) is 0 Å². The van der Waals surface area contributed by atoms with Gasteiger partial charge in [-0.3, -0.25) is 4.90 Å². The van der Waals surface area contributed by atoms with Crippen LogP contribution >= 0.6 is 0 Å². The number of likely N-dealkylation sites (tertiary alicyclic amines) is 1. The number of rotatable bonds is 6. The van der Waals surface area contributed by atoms with E-state index in [0.717, 1.165) is 56.5 Å². The molecule has 3 aliphatic rings. The van der Waals surface area contributed by atoms with Gasteiger partial charge < -0.3 is 24.4 Å². The van der Waals surface area contributed by atoms with Crippen LogP contribution in [0, 0.1) is 0 Å². The van der Waals surface area contributed by atoms with E-state index in [0.29, 0.717) is 0 Å². The number of dihydropyridines is 1. The van der Waals surface area contributed by atoms with Crippen LogP contribution in [0.15, 0.2) is 48.5 Å². The maximum Gasteiger partial charge on any atom is 0.142 e. The van der Waals surface area contributed by atoms with Gasteiger partial charge in [0, 0.05) is 50.9 Å². The molecule has 5 heterocycles. The second kappa shape index (κ2) is 8.70. The molecule has 0 spiro atoms. The standard InChI is InChI=1S/C23H32N6O/c1-30-20-5-4-9-24-23(20)29-17-15-27(16-18-29)21-7-6-19-8-12-28(22(19)25-21)14-13-26-10-2-3-11-26/h4-9,12,23-24H,2-3,10-11,13-18H2,1H3. The van der Waals surface area contributed by atoms with Crippen molar-refractivity contribution in [3.8, 4) is 0 Å². The van der Waals surface area contributed by atoms with Crippen molar-refractivity contribution in [3.63, 3.8) is 0 Å². The molecule has 2 aromatic rings. The van der Waals surface area contributed by atoms with E-state index in [1.54, 1.807) is 7.11 Å². The average molecular weight is 409 g/mol. The van der Waals surface area contributed by atoms with Crippen molar-refractivity contribution in [3.05, 3.63) is 48.5 Å². The van der Waals surface area contributed by atoms with E-state index in [1.165, 1.54) is 31.3 Å². The zero-order valence-corrected chi connectivity index (χ0v) is 17.8. The molecule has 30 heavy (non-hydrogen) atoms. The minimum Gasteiger partial charge on any atom is -0.497 e. The molecule has 2 aromatic heterocycles. The van der Waals surface area contributed by atoms with Gasteiger partial charge in [-0.2, -0.15) is 0 Å². The fourth-order valence-electron chi connectivity index (χ4n) is 4.80. The van der Waals surface area contributed by atoms with E-state index in [2.05, 4.69) is 49.0 Å². The van der Waals surface area contributed by atoms with E-state index in [4.69, 9.17) is 9.72 Å². The topological polar surface area (TPSA) is 48.8 Å². The molecule has 0 amide bonds. The normalized spacial score (nSPS) is 23.0. The lowest BCUT2D eigenvalue weighted by molar-refractivity contribution is 0.129. The van der Waals surface area contributed by atoms with Crippen LogP contribution < -0.4 is 10.2 Å². The van der Waals surface area contributed by atoms with Crippen LogP contribution in [0.25, 0.3) is 11.0 Å². The molecule has 1 N–H and O–H groups in total. The summed E-state index contributed by atoms with van der Waals surface area (Å²) in [6.45, 7) is 8.50. The number of allylic oxidation sites excluding steroid dienone is 2. The first kappa shape index (κ1) is 19.5. The third-order valence-corrected chi connectivity index (χ3v) is 6.57. The highest BCUT2D eigenvalue weighted by Crippen LogP contribution is 2.22. The Hall–Kier alpha value is -2.51. The number of hydrogen-bond acceptors (Lipinski definition) is 6. The van der Waals surface area contributed by atoms with E-state index < -0.39 is 0 Å². The number of hydrogen-bond donors (Lipinski definition) is 1. The summed E-state index contributed by atoms with van der Waals surface area (Å²) in [4.78, 5) is 12.5. The summed E-state index contributed by atoms with van der Waals surface area (Å²) in [6, 6.07) is 6.58. The minimum absolute atomic E-state index is 0.125. The predicted octanol–water partition coefficient (Wildman–Crippen LogP) is 2.23. The maximum absolute atomic E-state index is 5.55. The van der Waals surface area contributed by atoms with Gasteiger partial charge in [0.2, 0.25) is 0 Å². The number of pyridine rings is 1. The van der Waals surface area contributed by atoms with Crippen molar-refractivity contribution in [2.75, 3.05) is 57.8 Å². The first-order valence-electron chi connectivity index (χ1n) is 11.2. The molecule has 7 heteroatoms. The smallest absolute Gasteiger partial charge is 0.142 e. The van der Waals surface area contributed by atoms with Crippen LogP contribution in [0.3, 0.4) is 0 Å². The quantitative estimate of drug-likeness (QED) is 0.791. The first-order valence-corrected chi connectivity index (χ1v) is 11.2. The van der Waals surface area contributed by atoms with Gasteiger partial charge in [-0.1, -0.05) is 0 Å². The fraction of sp³-hybridized carbons (Fsp3) is 0.522. The Kier molecular flexibility index (Phi) is 5.64. The highest BCUT2D eigenvalue weighted by atomic mass is 16.5. The molecule has 160 valence electrons. The number of aromatic nitrogens is 2. The second-order valence-electron chi connectivity index (χ2n) is 8.36. The van der Waals surface area contributed by atoms with Gasteiger partial charge in [-0.15, -0.1) is 0 Å². The molecule has 1 atom stereocenters. The number of nitrogens with zero attached hydrogens (tertiary/aromatic N) is 5. The lowest BCUT2D eigenvalue weighted by atomic mass is 10.2. The van der Waals surface area contributed by atoms with Gasteiger partial charge in [-0.25, -0.2) is 4.98 Å². The third kappa shape index (κ3) is 3.91. The van der Waals surface area contributed by atoms with E-state index in [-0.39, 0.29) is 6.17 Å². The number of fused-ring (bicyclic) bond motifs is 1. The lowest BCUT2D eigenvalue weighted by Gasteiger charge is -2.40. The summed E-state index contributed by atoms with van der Waals surface area (Å²) in [5.74, 6) is 2.06. The van der Waals surface area contributed by atoms with Crippen LogP contribution in [0.1, 0.15) is 12.8 Å². The highest BCUT2D eigenvalue weighted by Gasteiger charge is 2.28. The second-order valence-corrected chi connectivity index (χ2v) is 8.36. The number of nitrogens with one attached hydrogen (secondary N) is 1. The Morgan fingerprint density at radius 1 is 1.03 bits per heavy atom. The number of anilines is 1. The van der Waals surface area contributed by atoms with Crippen molar-refractivity contribution in [2.45, 2.75) is 25.6 Å². The molecule has 0 aliphatic carbocycles. The summed E-state index contributed by atoms with van der Waals surface area (Å²) in [7, 11) is 1.74. The Balaban J connectivity index is 1.24. The Labute approximate surface area is 178 Å². The molecule has 5 rings (SSSR count). The van der Waals surface area contributed by atoms with E-state index in [1.807, 2.05) is 18.4 Å². The van der Waals surface area contributed by atoms with Crippen LogP contribution in [-0.4, -0.2) is 78.4 Å².